The van der Waals surface area contributed by atoms with Crippen LogP contribution in [0.5, 0.6) is 0 Å². The SMILES string of the molecule is CC/C=N\N1CCC[C@H]1COC. The molecule has 12 heavy (non-hydrogen) atoms. The molecule has 1 aliphatic heterocycles. The van der Waals surface area contributed by atoms with Gasteiger partial charge in [0.05, 0.1) is 12.6 Å². The summed E-state index contributed by atoms with van der Waals surface area (Å²) in [6, 6.07) is 0.512. The number of hydrogen-bond donors (Lipinski definition) is 0. The molecule has 0 aliphatic carbocycles. The van der Waals surface area contributed by atoms with Crippen LogP contribution in [-0.4, -0.2) is 37.5 Å². The number of nitrogens with zero attached hydrogens (tertiary/aromatic N) is 2. The molecule has 0 aromatic carbocycles. The van der Waals surface area contributed by atoms with Gasteiger partial charge in [0, 0.05) is 19.9 Å². The summed E-state index contributed by atoms with van der Waals surface area (Å²) >= 11 is 0. The number of rotatable bonds is 4. The van der Waals surface area contributed by atoms with Crippen LogP contribution in [0, 0.1) is 0 Å². The van der Waals surface area contributed by atoms with Crippen LogP contribution in [0.4, 0.5) is 0 Å². The molecule has 1 rings (SSSR count). The predicted molar refractivity (Wildman–Crippen MR) is 50.4 cm³/mol. The van der Waals surface area contributed by atoms with E-state index in [1.807, 2.05) is 6.21 Å². The van der Waals surface area contributed by atoms with E-state index in [0.29, 0.717) is 6.04 Å². The lowest BCUT2D eigenvalue weighted by Gasteiger charge is -2.20. The lowest BCUT2D eigenvalue weighted by atomic mass is 10.2. The van der Waals surface area contributed by atoms with E-state index in [-0.39, 0.29) is 0 Å². The molecule has 1 atom stereocenters. The van der Waals surface area contributed by atoms with Crippen LogP contribution in [0.1, 0.15) is 26.2 Å². The molecule has 0 aromatic rings. The Morgan fingerprint density at radius 3 is 3.17 bits per heavy atom. The summed E-state index contributed by atoms with van der Waals surface area (Å²) in [4.78, 5) is 0. The van der Waals surface area contributed by atoms with Gasteiger partial charge in [0.2, 0.25) is 0 Å². The van der Waals surface area contributed by atoms with Gasteiger partial charge >= 0.3 is 0 Å². The Bertz CT molecular complexity index is 147. The van der Waals surface area contributed by atoms with Gasteiger partial charge in [0.1, 0.15) is 0 Å². The van der Waals surface area contributed by atoms with Gasteiger partial charge in [-0.15, -0.1) is 0 Å². The summed E-state index contributed by atoms with van der Waals surface area (Å²) in [5.41, 5.74) is 0. The first-order chi connectivity index (χ1) is 5.88. The van der Waals surface area contributed by atoms with Gasteiger partial charge in [-0.2, -0.15) is 5.10 Å². The summed E-state index contributed by atoms with van der Waals surface area (Å²) in [6.07, 6.45) is 5.44. The summed E-state index contributed by atoms with van der Waals surface area (Å²) in [5, 5.41) is 6.52. The fourth-order valence-electron chi connectivity index (χ4n) is 1.52. The van der Waals surface area contributed by atoms with Gasteiger partial charge in [0.25, 0.3) is 0 Å². The molecule has 0 saturated carbocycles. The Morgan fingerprint density at radius 2 is 2.50 bits per heavy atom. The second-order valence-electron chi connectivity index (χ2n) is 3.12. The zero-order valence-corrected chi connectivity index (χ0v) is 7.99. The van der Waals surface area contributed by atoms with E-state index in [1.165, 1.54) is 12.8 Å². The fraction of sp³-hybridized carbons (Fsp3) is 0.889. The van der Waals surface area contributed by atoms with E-state index in [2.05, 4.69) is 17.0 Å². The van der Waals surface area contributed by atoms with Crippen LogP contribution in [-0.2, 0) is 4.74 Å². The molecule has 0 spiro atoms. The molecule has 0 unspecified atom stereocenters. The van der Waals surface area contributed by atoms with Crippen molar-refractivity contribution in [2.75, 3.05) is 20.3 Å². The van der Waals surface area contributed by atoms with Crippen molar-refractivity contribution in [3.8, 4) is 0 Å². The molecular formula is C9H18N2O. The van der Waals surface area contributed by atoms with Crippen molar-refractivity contribution in [2.45, 2.75) is 32.2 Å². The highest BCUT2D eigenvalue weighted by Crippen LogP contribution is 2.16. The molecule has 0 aromatic heterocycles. The van der Waals surface area contributed by atoms with Crippen LogP contribution >= 0.6 is 0 Å². The monoisotopic (exact) mass is 170 g/mol. The van der Waals surface area contributed by atoms with E-state index in [0.717, 1.165) is 19.6 Å². The summed E-state index contributed by atoms with van der Waals surface area (Å²) in [6.45, 7) is 4.00. The molecule has 0 bridgehead atoms. The maximum atomic E-state index is 5.12. The number of methoxy groups -OCH3 is 1. The minimum absolute atomic E-state index is 0.512. The van der Waals surface area contributed by atoms with Crippen LogP contribution < -0.4 is 0 Å². The van der Waals surface area contributed by atoms with Gasteiger partial charge in [-0.3, -0.25) is 5.01 Å². The first kappa shape index (κ1) is 9.52. The van der Waals surface area contributed by atoms with Crippen LogP contribution in [0.25, 0.3) is 0 Å². The largest absolute Gasteiger partial charge is 0.382 e. The first-order valence-corrected chi connectivity index (χ1v) is 4.66. The molecule has 3 heteroatoms. The van der Waals surface area contributed by atoms with Crippen molar-refractivity contribution in [1.29, 1.82) is 0 Å². The van der Waals surface area contributed by atoms with Crippen molar-refractivity contribution < 1.29 is 4.74 Å². The van der Waals surface area contributed by atoms with Gasteiger partial charge in [-0.1, -0.05) is 6.92 Å². The average molecular weight is 170 g/mol. The van der Waals surface area contributed by atoms with Crippen LogP contribution in [0.3, 0.4) is 0 Å². The Labute approximate surface area is 74.4 Å². The Hall–Kier alpha value is -0.570. The standard InChI is InChI=1S/C9H18N2O/c1-3-6-10-11-7-4-5-9(11)8-12-2/h6,9H,3-5,7-8H2,1-2H3/b10-6-/t9-/m0/s1. The maximum Gasteiger partial charge on any atom is 0.0704 e. The average Bonchev–Trinajstić information content (AvgIpc) is 2.50. The minimum Gasteiger partial charge on any atom is -0.382 e. The predicted octanol–water partition coefficient (Wildman–Crippen LogP) is 1.49. The molecule has 0 radical (unpaired) electrons. The topological polar surface area (TPSA) is 24.8 Å². The minimum atomic E-state index is 0.512. The van der Waals surface area contributed by atoms with Gasteiger partial charge in [-0.05, 0) is 19.3 Å². The molecular weight excluding hydrogens is 152 g/mol. The highest BCUT2D eigenvalue weighted by molar-refractivity contribution is 5.56. The van der Waals surface area contributed by atoms with Crippen LogP contribution in [0.15, 0.2) is 5.10 Å². The van der Waals surface area contributed by atoms with E-state index >= 15 is 0 Å². The van der Waals surface area contributed by atoms with Crippen molar-refractivity contribution in [1.82, 2.24) is 5.01 Å². The molecule has 0 N–H and O–H groups in total. The highest BCUT2D eigenvalue weighted by atomic mass is 16.5. The first-order valence-electron chi connectivity index (χ1n) is 4.66. The van der Waals surface area contributed by atoms with E-state index in [4.69, 9.17) is 4.74 Å². The quantitative estimate of drug-likeness (QED) is 0.597. The normalized spacial score (nSPS) is 24.2. The molecule has 1 heterocycles. The summed E-state index contributed by atoms with van der Waals surface area (Å²) < 4.78 is 5.12. The molecule has 70 valence electrons. The van der Waals surface area contributed by atoms with Crippen molar-refractivity contribution in [3.63, 3.8) is 0 Å². The Morgan fingerprint density at radius 1 is 1.67 bits per heavy atom. The van der Waals surface area contributed by atoms with Crippen molar-refractivity contribution >= 4 is 6.21 Å². The Kier molecular flexibility index (Phi) is 4.08. The molecule has 1 fully saturated rings. The molecule has 1 aliphatic rings. The number of ether oxygens (including phenoxy) is 1. The second kappa shape index (κ2) is 5.14. The zero-order valence-electron chi connectivity index (χ0n) is 7.99. The zero-order chi connectivity index (χ0) is 8.81. The smallest absolute Gasteiger partial charge is 0.0704 e. The van der Waals surface area contributed by atoms with Gasteiger partial charge in [-0.25, -0.2) is 0 Å². The Balaban J connectivity index is 2.35. The third kappa shape index (κ3) is 2.48. The number of hydrazone groups is 1. The molecule has 3 nitrogen and oxygen atoms in total. The molecule has 0 amide bonds. The third-order valence-corrected chi connectivity index (χ3v) is 2.12. The second-order valence-corrected chi connectivity index (χ2v) is 3.12. The van der Waals surface area contributed by atoms with E-state index in [1.54, 1.807) is 7.11 Å². The van der Waals surface area contributed by atoms with E-state index < -0.39 is 0 Å². The molecule has 1 saturated heterocycles. The summed E-state index contributed by atoms with van der Waals surface area (Å²) in [5.74, 6) is 0. The van der Waals surface area contributed by atoms with E-state index in [9.17, 15) is 0 Å². The fourth-order valence-corrected chi connectivity index (χ4v) is 1.52. The maximum absolute atomic E-state index is 5.12. The third-order valence-electron chi connectivity index (χ3n) is 2.12. The summed E-state index contributed by atoms with van der Waals surface area (Å²) in [7, 11) is 1.75. The van der Waals surface area contributed by atoms with Gasteiger partial charge in [0.15, 0.2) is 0 Å². The van der Waals surface area contributed by atoms with Crippen LogP contribution in [0.2, 0.25) is 0 Å². The highest BCUT2D eigenvalue weighted by Gasteiger charge is 2.22. The van der Waals surface area contributed by atoms with Crippen molar-refractivity contribution in [2.24, 2.45) is 5.10 Å². The lowest BCUT2D eigenvalue weighted by molar-refractivity contribution is 0.118. The lowest BCUT2D eigenvalue weighted by Crippen LogP contribution is -2.28. The number of hydrogen-bond acceptors (Lipinski definition) is 3. The van der Waals surface area contributed by atoms with Crippen molar-refractivity contribution in [3.05, 3.63) is 0 Å². The van der Waals surface area contributed by atoms with Gasteiger partial charge < -0.3 is 4.74 Å².